The molecule has 9 heavy (non-hydrogen) atoms. The summed E-state index contributed by atoms with van der Waals surface area (Å²) in [4.78, 5) is 9.38. The van der Waals surface area contributed by atoms with E-state index >= 15 is 0 Å². The van der Waals surface area contributed by atoms with Crippen LogP contribution in [-0.4, -0.2) is 17.9 Å². The minimum absolute atomic E-state index is 0.231. The molecule has 0 aliphatic heterocycles. The van der Waals surface area contributed by atoms with Crippen LogP contribution < -0.4 is 0 Å². The molecule has 0 bridgehead atoms. The largest absolute Gasteiger partial charge is 0.505 e. The van der Waals surface area contributed by atoms with Crippen LogP contribution in [-0.2, 0) is 4.74 Å². The molecule has 0 saturated carbocycles. The molecule has 0 aliphatic rings. The molecule has 0 spiro atoms. The Morgan fingerprint density at radius 1 is 1.89 bits per heavy atom. The van der Waals surface area contributed by atoms with Gasteiger partial charge < -0.3 is 9.84 Å². The molecule has 0 atom stereocenters. The first kappa shape index (κ1) is 10.7. The number of hydrogen-bond donors (Lipinski definition) is 1. The van der Waals surface area contributed by atoms with E-state index in [0.29, 0.717) is 0 Å². The maximum absolute atomic E-state index is 9.38. The first-order valence-electron chi connectivity index (χ1n) is 2.35. The quantitative estimate of drug-likeness (QED) is 0.543. The summed E-state index contributed by atoms with van der Waals surface area (Å²) in [5, 5.41) is 15.0. The molecule has 0 radical (unpaired) electrons. The van der Waals surface area contributed by atoms with Gasteiger partial charge in [0, 0.05) is 6.92 Å². The van der Waals surface area contributed by atoms with Gasteiger partial charge in [-0.3, -0.25) is 0 Å². The predicted molar refractivity (Wildman–Crippen MR) is 30.9 cm³/mol. The van der Waals surface area contributed by atoms with E-state index in [2.05, 4.69) is 4.74 Å². The second kappa shape index (κ2) is 9.90. The molecule has 1 N–H and O–H groups in total. The van der Waals surface area contributed by atoms with E-state index in [9.17, 15) is 4.79 Å². The number of hydrogen-bond acceptors (Lipinski definition) is 3. The van der Waals surface area contributed by atoms with Gasteiger partial charge in [0.05, 0.1) is 12.7 Å². The van der Waals surface area contributed by atoms with Gasteiger partial charge in [-0.1, -0.05) is 0 Å². The molecule has 0 aromatic carbocycles. The van der Waals surface area contributed by atoms with Crippen molar-refractivity contribution in [3.63, 3.8) is 0 Å². The normalized spacial score (nSPS) is 5.89. The lowest BCUT2D eigenvalue weighted by Gasteiger charge is -1.87. The van der Waals surface area contributed by atoms with Gasteiger partial charge >= 0.3 is 6.16 Å². The Balaban J connectivity index is 0. The van der Waals surface area contributed by atoms with Gasteiger partial charge in [0.2, 0.25) is 0 Å². The van der Waals surface area contributed by atoms with Crippen molar-refractivity contribution in [3.8, 4) is 6.07 Å². The van der Waals surface area contributed by atoms with Gasteiger partial charge in [0.1, 0.15) is 0 Å². The van der Waals surface area contributed by atoms with Crippen molar-refractivity contribution in [3.05, 3.63) is 0 Å². The van der Waals surface area contributed by atoms with Gasteiger partial charge in [0.25, 0.3) is 0 Å². The third-order valence-corrected chi connectivity index (χ3v) is 0.268. The van der Waals surface area contributed by atoms with Crippen molar-refractivity contribution in [1.29, 1.82) is 5.26 Å². The highest BCUT2D eigenvalue weighted by Crippen LogP contribution is 1.69. The molecule has 4 heteroatoms. The standard InChI is InChI=1S/C3H6O3.C2H3N/c1-2-6-3(4)5;1-2-3/h2H2,1H3,(H,4,5);1H3. The maximum Gasteiger partial charge on any atom is 0.505 e. The van der Waals surface area contributed by atoms with Crippen LogP contribution in [0.15, 0.2) is 0 Å². The summed E-state index contributed by atoms with van der Waals surface area (Å²) in [5.41, 5.74) is 0. The van der Waals surface area contributed by atoms with Crippen LogP contribution in [0.1, 0.15) is 13.8 Å². The van der Waals surface area contributed by atoms with Crippen molar-refractivity contribution in [1.82, 2.24) is 0 Å². The summed E-state index contributed by atoms with van der Waals surface area (Å²) >= 11 is 0. The summed E-state index contributed by atoms with van der Waals surface area (Å²) in [6.45, 7) is 3.28. The Hall–Kier alpha value is -1.24. The summed E-state index contributed by atoms with van der Waals surface area (Å²) in [6, 6.07) is 1.75. The predicted octanol–water partition coefficient (Wildman–Crippen LogP) is 1.23. The van der Waals surface area contributed by atoms with Gasteiger partial charge in [-0.25, -0.2) is 4.79 Å². The van der Waals surface area contributed by atoms with E-state index in [-0.39, 0.29) is 6.61 Å². The molecule has 0 rings (SSSR count). The minimum Gasteiger partial charge on any atom is -0.450 e. The number of nitrogens with zero attached hydrogens (tertiary/aromatic N) is 1. The van der Waals surface area contributed by atoms with Gasteiger partial charge in [-0.05, 0) is 6.92 Å². The van der Waals surface area contributed by atoms with Crippen LogP contribution in [0.25, 0.3) is 0 Å². The minimum atomic E-state index is -1.21. The Bertz CT molecular complexity index is 105. The van der Waals surface area contributed by atoms with Crippen LogP contribution >= 0.6 is 0 Å². The molecule has 0 heterocycles. The van der Waals surface area contributed by atoms with Gasteiger partial charge in [-0.2, -0.15) is 5.26 Å². The van der Waals surface area contributed by atoms with Crippen molar-refractivity contribution in [2.24, 2.45) is 0 Å². The van der Waals surface area contributed by atoms with Gasteiger partial charge in [-0.15, -0.1) is 0 Å². The fraction of sp³-hybridized carbons (Fsp3) is 0.600. The van der Waals surface area contributed by atoms with Crippen LogP contribution in [0.5, 0.6) is 0 Å². The molecule has 52 valence electrons. The van der Waals surface area contributed by atoms with E-state index in [1.807, 2.05) is 0 Å². The van der Waals surface area contributed by atoms with E-state index in [1.165, 1.54) is 6.92 Å². The molecular formula is C5H9NO3. The van der Waals surface area contributed by atoms with E-state index in [4.69, 9.17) is 10.4 Å². The molecule has 0 fully saturated rings. The highest BCUT2D eigenvalue weighted by Gasteiger charge is 1.86. The Labute approximate surface area is 53.7 Å². The van der Waals surface area contributed by atoms with E-state index in [1.54, 1.807) is 13.0 Å². The lowest BCUT2D eigenvalue weighted by Crippen LogP contribution is -1.97. The molecular weight excluding hydrogens is 122 g/mol. The summed E-state index contributed by atoms with van der Waals surface area (Å²) in [6.07, 6.45) is -1.21. The number of carbonyl (C=O) groups is 1. The fourth-order valence-corrected chi connectivity index (χ4v) is 0.123. The first-order valence-corrected chi connectivity index (χ1v) is 2.35. The summed E-state index contributed by atoms with van der Waals surface area (Å²) < 4.78 is 3.96. The zero-order valence-corrected chi connectivity index (χ0v) is 5.42. The fourth-order valence-electron chi connectivity index (χ4n) is 0.123. The third kappa shape index (κ3) is 49.4. The van der Waals surface area contributed by atoms with E-state index in [0.717, 1.165) is 0 Å². The molecule has 0 aromatic heterocycles. The number of rotatable bonds is 1. The summed E-state index contributed by atoms with van der Waals surface area (Å²) in [5.74, 6) is 0. The zero-order valence-electron chi connectivity index (χ0n) is 5.42. The lowest BCUT2D eigenvalue weighted by atomic mass is 10.9. The molecule has 0 aromatic rings. The zero-order chi connectivity index (χ0) is 7.70. The van der Waals surface area contributed by atoms with Crippen molar-refractivity contribution >= 4 is 6.16 Å². The number of carboxylic acid groups (broad SMARTS) is 1. The van der Waals surface area contributed by atoms with Crippen molar-refractivity contribution in [2.75, 3.05) is 6.61 Å². The highest BCUT2D eigenvalue weighted by molar-refractivity contribution is 5.56. The van der Waals surface area contributed by atoms with Crippen LogP contribution in [0.2, 0.25) is 0 Å². The van der Waals surface area contributed by atoms with E-state index < -0.39 is 6.16 Å². The number of ether oxygens (including phenoxy) is 1. The third-order valence-electron chi connectivity index (χ3n) is 0.268. The average molecular weight is 131 g/mol. The second-order valence-corrected chi connectivity index (χ2v) is 0.923. The van der Waals surface area contributed by atoms with Crippen LogP contribution in [0, 0.1) is 11.3 Å². The Morgan fingerprint density at radius 2 is 2.22 bits per heavy atom. The molecule has 0 unspecified atom stereocenters. The number of nitriles is 1. The lowest BCUT2D eigenvalue weighted by molar-refractivity contribution is 0.0966. The first-order chi connectivity index (χ1) is 4.18. The molecule has 0 aliphatic carbocycles. The van der Waals surface area contributed by atoms with Crippen molar-refractivity contribution < 1.29 is 14.6 Å². The summed E-state index contributed by atoms with van der Waals surface area (Å²) in [7, 11) is 0. The SMILES string of the molecule is CC#N.CCOC(=O)O. The van der Waals surface area contributed by atoms with Gasteiger partial charge in [0.15, 0.2) is 0 Å². The average Bonchev–Trinajstić information content (AvgIpc) is 1.67. The molecule has 0 amide bonds. The maximum atomic E-state index is 9.38. The topological polar surface area (TPSA) is 70.3 Å². The Kier molecular flexibility index (Phi) is 11.8. The van der Waals surface area contributed by atoms with Crippen LogP contribution in [0.3, 0.4) is 0 Å². The Morgan fingerprint density at radius 3 is 2.22 bits per heavy atom. The molecule has 4 nitrogen and oxygen atoms in total. The monoisotopic (exact) mass is 131 g/mol. The molecule has 0 saturated heterocycles. The van der Waals surface area contributed by atoms with Crippen LogP contribution in [0.4, 0.5) is 4.79 Å². The smallest absolute Gasteiger partial charge is 0.450 e. The second-order valence-electron chi connectivity index (χ2n) is 0.923. The van der Waals surface area contributed by atoms with Crippen molar-refractivity contribution in [2.45, 2.75) is 13.8 Å². The highest BCUT2D eigenvalue weighted by atomic mass is 16.7.